The van der Waals surface area contributed by atoms with Gasteiger partial charge in [0.15, 0.2) is 0 Å². The van der Waals surface area contributed by atoms with Crippen LogP contribution in [0.3, 0.4) is 0 Å². The Morgan fingerprint density at radius 2 is 1.82 bits per heavy atom. The smallest absolute Gasteiger partial charge is 0.137 e. The predicted octanol–water partition coefficient (Wildman–Crippen LogP) is 3.27. The van der Waals surface area contributed by atoms with Crippen molar-refractivity contribution in [3.05, 3.63) is 77.0 Å². The van der Waals surface area contributed by atoms with Crippen LogP contribution in [0.25, 0.3) is 5.82 Å². The predicted molar refractivity (Wildman–Crippen MR) is 86.1 cm³/mol. The van der Waals surface area contributed by atoms with Gasteiger partial charge in [-0.1, -0.05) is 23.8 Å². The van der Waals surface area contributed by atoms with Crippen LogP contribution < -0.4 is 0 Å². The van der Waals surface area contributed by atoms with Gasteiger partial charge in [0.2, 0.25) is 0 Å². The summed E-state index contributed by atoms with van der Waals surface area (Å²) in [5.41, 5.74) is 5.16. The van der Waals surface area contributed by atoms with Crippen molar-refractivity contribution >= 4 is 0 Å². The van der Waals surface area contributed by atoms with Crippen LogP contribution in [-0.2, 0) is 0 Å². The molecule has 0 aliphatic heterocycles. The third kappa shape index (κ3) is 2.65. The zero-order chi connectivity index (χ0) is 15.7. The second-order valence-corrected chi connectivity index (χ2v) is 5.63. The molecule has 3 aromatic rings. The molecule has 0 saturated carbocycles. The van der Waals surface area contributed by atoms with Gasteiger partial charge in [0.25, 0.3) is 0 Å². The average Bonchev–Trinajstić information content (AvgIpc) is 3.00. The SMILES string of the molecule is Cc1cc(C)c(C(O)c2ccc(-n3ccnc3)nc2)c(C)c1. The van der Waals surface area contributed by atoms with Crippen molar-refractivity contribution in [3.63, 3.8) is 0 Å². The van der Waals surface area contributed by atoms with Gasteiger partial charge < -0.3 is 5.11 Å². The fraction of sp³-hybridized carbons (Fsp3) is 0.222. The van der Waals surface area contributed by atoms with Crippen molar-refractivity contribution in [3.8, 4) is 5.82 Å². The molecule has 0 radical (unpaired) electrons. The molecule has 1 atom stereocenters. The van der Waals surface area contributed by atoms with Crippen molar-refractivity contribution in [1.82, 2.24) is 14.5 Å². The molecule has 2 aromatic heterocycles. The van der Waals surface area contributed by atoms with Crippen molar-refractivity contribution < 1.29 is 5.11 Å². The molecule has 22 heavy (non-hydrogen) atoms. The van der Waals surface area contributed by atoms with Gasteiger partial charge in [-0.2, -0.15) is 0 Å². The second-order valence-electron chi connectivity index (χ2n) is 5.63. The molecule has 0 amide bonds. The van der Waals surface area contributed by atoms with Gasteiger partial charge in [0.05, 0.1) is 0 Å². The lowest BCUT2D eigenvalue weighted by Crippen LogP contribution is -2.06. The lowest BCUT2D eigenvalue weighted by molar-refractivity contribution is 0.218. The molecule has 4 heteroatoms. The van der Waals surface area contributed by atoms with Gasteiger partial charge in [0, 0.05) is 24.2 Å². The minimum atomic E-state index is -0.662. The van der Waals surface area contributed by atoms with Gasteiger partial charge in [-0.3, -0.25) is 4.57 Å². The van der Waals surface area contributed by atoms with E-state index in [0.717, 1.165) is 28.1 Å². The van der Waals surface area contributed by atoms with Gasteiger partial charge >= 0.3 is 0 Å². The first-order valence-electron chi connectivity index (χ1n) is 7.26. The van der Waals surface area contributed by atoms with E-state index in [1.165, 1.54) is 5.56 Å². The molecule has 1 aromatic carbocycles. The number of aliphatic hydroxyl groups is 1. The highest BCUT2D eigenvalue weighted by atomic mass is 16.3. The van der Waals surface area contributed by atoms with Crippen LogP contribution in [-0.4, -0.2) is 19.6 Å². The Labute approximate surface area is 130 Å². The molecule has 0 saturated heterocycles. The highest BCUT2D eigenvalue weighted by Crippen LogP contribution is 2.28. The van der Waals surface area contributed by atoms with Crippen molar-refractivity contribution in [1.29, 1.82) is 0 Å². The molecule has 0 spiro atoms. The molecule has 4 nitrogen and oxygen atoms in total. The first-order chi connectivity index (χ1) is 10.6. The summed E-state index contributed by atoms with van der Waals surface area (Å²) in [7, 11) is 0. The van der Waals surface area contributed by atoms with Crippen molar-refractivity contribution in [2.45, 2.75) is 26.9 Å². The number of benzene rings is 1. The minimum absolute atomic E-state index is 0.662. The number of rotatable bonds is 3. The van der Waals surface area contributed by atoms with E-state index in [9.17, 15) is 5.11 Å². The molecule has 3 rings (SSSR count). The normalized spacial score (nSPS) is 12.4. The Hall–Kier alpha value is -2.46. The highest BCUT2D eigenvalue weighted by Gasteiger charge is 2.16. The molecular weight excluding hydrogens is 274 g/mol. The molecule has 0 fully saturated rings. The molecule has 2 heterocycles. The first kappa shape index (κ1) is 14.5. The number of hydrogen-bond acceptors (Lipinski definition) is 3. The Balaban J connectivity index is 1.94. The van der Waals surface area contributed by atoms with E-state index in [1.807, 2.05) is 36.7 Å². The van der Waals surface area contributed by atoms with E-state index in [2.05, 4.69) is 29.0 Å². The van der Waals surface area contributed by atoms with Crippen LogP contribution in [0.5, 0.6) is 0 Å². The number of aliphatic hydroxyl groups excluding tert-OH is 1. The maximum atomic E-state index is 10.7. The fourth-order valence-corrected chi connectivity index (χ4v) is 2.90. The summed E-state index contributed by atoms with van der Waals surface area (Å²) in [6.45, 7) is 6.13. The van der Waals surface area contributed by atoms with E-state index in [-0.39, 0.29) is 0 Å². The van der Waals surface area contributed by atoms with Gasteiger partial charge in [-0.15, -0.1) is 0 Å². The Morgan fingerprint density at radius 1 is 1.09 bits per heavy atom. The summed E-state index contributed by atoms with van der Waals surface area (Å²) < 4.78 is 1.83. The lowest BCUT2D eigenvalue weighted by Gasteiger charge is -2.18. The van der Waals surface area contributed by atoms with Gasteiger partial charge in [0.1, 0.15) is 18.2 Å². The molecule has 0 bridgehead atoms. The molecule has 1 N–H and O–H groups in total. The van der Waals surface area contributed by atoms with Gasteiger partial charge in [-0.25, -0.2) is 9.97 Å². The fourth-order valence-electron chi connectivity index (χ4n) is 2.90. The Bertz CT molecular complexity index is 754. The molecule has 0 aliphatic rings. The van der Waals surface area contributed by atoms with Crippen LogP contribution in [0.2, 0.25) is 0 Å². The largest absolute Gasteiger partial charge is 0.384 e. The van der Waals surface area contributed by atoms with Crippen molar-refractivity contribution in [2.75, 3.05) is 0 Å². The number of aryl methyl sites for hydroxylation is 3. The zero-order valence-electron chi connectivity index (χ0n) is 13.0. The Kier molecular flexibility index (Phi) is 3.77. The third-order valence-electron chi connectivity index (χ3n) is 3.87. The van der Waals surface area contributed by atoms with E-state index in [0.29, 0.717) is 0 Å². The number of nitrogens with zero attached hydrogens (tertiary/aromatic N) is 3. The number of pyridine rings is 1. The van der Waals surface area contributed by atoms with Crippen molar-refractivity contribution in [2.24, 2.45) is 0 Å². The summed E-state index contributed by atoms with van der Waals surface area (Å²) in [4.78, 5) is 8.42. The highest BCUT2D eigenvalue weighted by molar-refractivity contribution is 5.43. The number of hydrogen-bond donors (Lipinski definition) is 1. The molecule has 1 unspecified atom stereocenters. The quantitative estimate of drug-likeness (QED) is 0.806. The monoisotopic (exact) mass is 293 g/mol. The van der Waals surface area contributed by atoms with Crippen LogP contribution in [0.15, 0.2) is 49.2 Å². The summed E-state index contributed by atoms with van der Waals surface area (Å²) in [5, 5.41) is 10.7. The topological polar surface area (TPSA) is 50.9 Å². The van der Waals surface area contributed by atoms with Crippen LogP contribution in [0.1, 0.15) is 33.9 Å². The summed E-state index contributed by atoms with van der Waals surface area (Å²) in [5.74, 6) is 0.783. The standard InChI is InChI=1S/C18H19N3O/c1-12-8-13(2)17(14(3)9-12)18(22)15-4-5-16(20-10-15)21-7-6-19-11-21/h4-11,18,22H,1-3H3. The number of imidazole rings is 1. The van der Waals surface area contributed by atoms with E-state index in [4.69, 9.17) is 0 Å². The van der Waals surface area contributed by atoms with Gasteiger partial charge in [-0.05, 0) is 43.5 Å². The summed E-state index contributed by atoms with van der Waals surface area (Å²) in [6, 6.07) is 7.99. The van der Waals surface area contributed by atoms with E-state index < -0.39 is 6.10 Å². The molecular formula is C18H19N3O. The summed E-state index contributed by atoms with van der Waals surface area (Å²) in [6.07, 6.45) is 6.31. The lowest BCUT2D eigenvalue weighted by atomic mass is 9.92. The van der Waals surface area contributed by atoms with E-state index in [1.54, 1.807) is 18.7 Å². The first-order valence-corrected chi connectivity index (χ1v) is 7.26. The zero-order valence-corrected chi connectivity index (χ0v) is 13.0. The molecule has 0 aliphatic carbocycles. The minimum Gasteiger partial charge on any atom is -0.384 e. The molecule has 112 valence electrons. The number of aromatic nitrogens is 3. The van der Waals surface area contributed by atoms with Crippen LogP contribution >= 0.6 is 0 Å². The maximum Gasteiger partial charge on any atom is 0.137 e. The van der Waals surface area contributed by atoms with Crippen LogP contribution in [0.4, 0.5) is 0 Å². The van der Waals surface area contributed by atoms with E-state index >= 15 is 0 Å². The average molecular weight is 293 g/mol. The second kappa shape index (κ2) is 5.73. The maximum absolute atomic E-state index is 10.7. The summed E-state index contributed by atoms with van der Waals surface area (Å²) >= 11 is 0. The Morgan fingerprint density at radius 3 is 2.36 bits per heavy atom. The third-order valence-corrected chi connectivity index (χ3v) is 3.87. The van der Waals surface area contributed by atoms with Crippen LogP contribution in [0, 0.1) is 20.8 Å².